The van der Waals surface area contributed by atoms with E-state index >= 15 is 0 Å². The van der Waals surface area contributed by atoms with Crippen molar-refractivity contribution in [2.24, 2.45) is 0 Å². The molecule has 0 bridgehead atoms. The van der Waals surface area contributed by atoms with Crippen LogP contribution in [0.3, 0.4) is 0 Å². The number of nitrogens with one attached hydrogen (secondary N) is 1. The van der Waals surface area contributed by atoms with Gasteiger partial charge in [0.1, 0.15) is 17.2 Å². The summed E-state index contributed by atoms with van der Waals surface area (Å²) >= 11 is 0. The first kappa shape index (κ1) is 16.4. The Hall–Kier alpha value is -3.03. The van der Waals surface area contributed by atoms with Gasteiger partial charge >= 0.3 is 0 Å². The SMILES string of the molecule is CNC(=O)c1cnn2ccc(N3CCCC3c3cc(F)cnc3C)nc12. The molecular weight excluding hydrogens is 335 g/mol. The summed E-state index contributed by atoms with van der Waals surface area (Å²) in [5, 5.41) is 6.77. The van der Waals surface area contributed by atoms with Crippen molar-refractivity contribution >= 4 is 17.4 Å². The van der Waals surface area contributed by atoms with E-state index in [-0.39, 0.29) is 17.8 Å². The van der Waals surface area contributed by atoms with E-state index < -0.39 is 0 Å². The standard InChI is InChI=1S/C18H19FN6O/c1-11-13(8-12(19)9-21-11)15-4-3-6-24(15)16-5-7-25-17(23-16)14(10-22-25)18(26)20-2/h5,7-10,15H,3-4,6H2,1-2H3,(H,20,26). The number of anilines is 1. The first-order valence-electron chi connectivity index (χ1n) is 8.53. The van der Waals surface area contributed by atoms with E-state index in [0.717, 1.165) is 36.5 Å². The molecule has 4 heterocycles. The largest absolute Gasteiger partial charge is 0.355 e. The number of carbonyl (C=O) groups excluding carboxylic acids is 1. The summed E-state index contributed by atoms with van der Waals surface area (Å²) in [7, 11) is 1.58. The highest BCUT2D eigenvalue weighted by Crippen LogP contribution is 2.36. The predicted octanol–water partition coefficient (Wildman–Crippen LogP) is 2.27. The Balaban J connectivity index is 1.76. The van der Waals surface area contributed by atoms with Crippen LogP contribution in [0.1, 0.15) is 40.5 Å². The van der Waals surface area contributed by atoms with Crippen LogP contribution in [0.25, 0.3) is 5.65 Å². The Labute approximate surface area is 149 Å². The summed E-state index contributed by atoms with van der Waals surface area (Å²) in [5.41, 5.74) is 2.62. The lowest BCUT2D eigenvalue weighted by Crippen LogP contribution is -2.25. The lowest BCUT2D eigenvalue weighted by molar-refractivity contribution is 0.0964. The third-order valence-corrected chi connectivity index (χ3v) is 4.82. The van der Waals surface area contributed by atoms with Gasteiger partial charge in [-0.05, 0) is 37.5 Å². The summed E-state index contributed by atoms with van der Waals surface area (Å²) in [5.74, 6) is 0.181. The van der Waals surface area contributed by atoms with Crippen LogP contribution in [0.5, 0.6) is 0 Å². The second-order valence-corrected chi connectivity index (χ2v) is 6.37. The molecule has 0 aliphatic carbocycles. The van der Waals surface area contributed by atoms with Gasteiger partial charge in [0.05, 0.1) is 18.4 Å². The maximum absolute atomic E-state index is 13.7. The molecule has 1 N–H and O–H groups in total. The quantitative estimate of drug-likeness (QED) is 0.781. The predicted molar refractivity (Wildman–Crippen MR) is 94.6 cm³/mol. The van der Waals surface area contributed by atoms with E-state index in [1.54, 1.807) is 23.8 Å². The molecule has 0 radical (unpaired) electrons. The molecule has 1 fully saturated rings. The molecule has 0 spiro atoms. The van der Waals surface area contributed by atoms with Gasteiger partial charge in [-0.1, -0.05) is 0 Å². The molecule has 134 valence electrons. The fourth-order valence-electron chi connectivity index (χ4n) is 3.54. The van der Waals surface area contributed by atoms with Crippen LogP contribution < -0.4 is 10.2 Å². The number of amides is 1. The van der Waals surface area contributed by atoms with E-state index in [2.05, 4.69) is 25.3 Å². The second-order valence-electron chi connectivity index (χ2n) is 6.37. The van der Waals surface area contributed by atoms with Gasteiger partial charge in [-0.2, -0.15) is 5.10 Å². The molecule has 1 unspecified atom stereocenters. The Morgan fingerprint density at radius 2 is 2.23 bits per heavy atom. The monoisotopic (exact) mass is 354 g/mol. The van der Waals surface area contributed by atoms with Crippen molar-refractivity contribution in [1.29, 1.82) is 0 Å². The first-order valence-corrected chi connectivity index (χ1v) is 8.53. The zero-order valence-corrected chi connectivity index (χ0v) is 14.6. The number of rotatable bonds is 3. The molecule has 1 aliphatic rings. The second kappa shape index (κ2) is 6.36. The van der Waals surface area contributed by atoms with Crippen LogP contribution in [0.15, 0.2) is 30.7 Å². The summed E-state index contributed by atoms with van der Waals surface area (Å²) in [6.07, 6.45) is 6.42. The van der Waals surface area contributed by atoms with Crippen molar-refractivity contribution in [1.82, 2.24) is 24.9 Å². The molecule has 1 aliphatic heterocycles. The van der Waals surface area contributed by atoms with E-state index in [4.69, 9.17) is 0 Å². The minimum atomic E-state index is -0.335. The van der Waals surface area contributed by atoms with Crippen LogP contribution in [-0.4, -0.2) is 39.1 Å². The van der Waals surface area contributed by atoms with Crippen molar-refractivity contribution in [2.45, 2.75) is 25.8 Å². The Morgan fingerprint density at radius 1 is 1.38 bits per heavy atom. The minimum absolute atomic E-state index is 0.0134. The molecular formula is C18H19FN6O. The summed E-state index contributed by atoms with van der Waals surface area (Å²) in [4.78, 5) is 23.0. The third-order valence-electron chi connectivity index (χ3n) is 4.82. The maximum atomic E-state index is 13.7. The highest BCUT2D eigenvalue weighted by atomic mass is 19.1. The molecule has 7 nitrogen and oxygen atoms in total. The smallest absolute Gasteiger partial charge is 0.256 e. The van der Waals surface area contributed by atoms with Gasteiger partial charge in [0.2, 0.25) is 0 Å². The number of hydrogen-bond donors (Lipinski definition) is 1. The Bertz CT molecular complexity index is 985. The summed E-state index contributed by atoms with van der Waals surface area (Å²) in [6, 6.07) is 3.44. The average molecular weight is 354 g/mol. The minimum Gasteiger partial charge on any atom is -0.355 e. The maximum Gasteiger partial charge on any atom is 0.256 e. The number of pyridine rings is 1. The van der Waals surface area contributed by atoms with Gasteiger partial charge in [-0.3, -0.25) is 9.78 Å². The third kappa shape index (κ3) is 2.67. The summed E-state index contributed by atoms with van der Waals surface area (Å²) < 4.78 is 15.3. The van der Waals surface area contributed by atoms with Gasteiger partial charge in [0.25, 0.3) is 5.91 Å². The number of carbonyl (C=O) groups is 1. The number of aromatic nitrogens is 4. The van der Waals surface area contributed by atoms with Crippen LogP contribution in [0.4, 0.5) is 10.2 Å². The lowest BCUT2D eigenvalue weighted by Gasteiger charge is -2.27. The van der Waals surface area contributed by atoms with Crippen molar-refractivity contribution in [3.05, 3.63) is 53.4 Å². The van der Waals surface area contributed by atoms with Gasteiger partial charge in [0, 0.05) is 25.5 Å². The molecule has 1 atom stereocenters. The normalized spacial score (nSPS) is 17.0. The van der Waals surface area contributed by atoms with E-state index in [1.165, 1.54) is 12.4 Å². The first-order chi connectivity index (χ1) is 12.6. The van der Waals surface area contributed by atoms with Crippen molar-refractivity contribution < 1.29 is 9.18 Å². The van der Waals surface area contributed by atoms with Crippen LogP contribution in [0.2, 0.25) is 0 Å². The zero-order valence-electron chi connectivity index (χ0n) is 14.6. The highest BCUT2D eigenvalue weighted by molar-refractivity contribution is 5.99. The Morgan fingerprint density at radius 3 is 3.04 bits per heavy atom. The number of halogens is 1. The fourth-order valence-corrected chi connectivity index (χ4v) is 3.54. The van der Waals surface area contributed by atoms with Gasteiger partial charge in [-0.15, -0.1) is 0 Å². The average Bonchev–Trinajstić information content (AvgIpc) is 3.29. The van der Waals surface area contributed by atoms with Gasteiger partial charge < -0.3 is 10.2 Å². The molecule has 26 heavy (non-hydrogen) atoms. The highest BCUT2D eigenvalue weighted by Gasteiger charge is 2.29. The van der Waals surface area contributed by atoms with E-state index in [0.29, 0.717) is 11.2 Å². The Kier molecular flexibility index (Phi) is 4.02. The number of nitrogens with zero attached hydrogens (tertiary/aromatic N) is 5. The fraction of sp³-hybridized carbons (Fsp3) is 0.333. The molecule has 1 amide bonds. The molecule has 3 aromatic rings. The molecule has 1 saturated heterocycles. The zero-order chi connectivity index (χ0) is 18.3. The molecule has 4 rings (SSSR count). The van der Waals surface area contributed by atoms with Gasteiger partial charge in [-0.25, -0.2) is 13.9 Å². The molecule has 8 heteroatoms. The summed E-state index contributed by atoms with van der Waals surface area (Å²) in [6.45, 7) is 2.70. The van der Waals surface area contributed by atoms with E-state index in [1.807, 2.05) is 13.0 Å². The molecule has 0 saturated carbocycles. The topological polar surface area (TPSA) is 75.4 Å². The van der Waals surface area contributed by atoms with Gasteiger partial charge in [0.15, 0.2) is 5.65 Å². The van der Waals surface area contributed by atoms with Crippen molar-refractivity contribution in [3.8, 4) is 0 Å². The number of fused-ring (bicyclic) bond motifs is 1. The van der Waals surface area contributed by atoms with Crippen LogP contribution in [0, 0.1) is 12.7 Å². The van der Waals surface area contributed by atoms with Crippen molar-refractivity contribution in [2.75, 3.05) is 18.5 Å². The molecule has 0 aromatic carbocycles. The van der Waals surface area contributed by atoms with Crippen molar-refractivity contribution in [3.63, 3.8) is 0 Å². The van der Waals surface area contributed by atoms with Crippen LogP contribution in [-0.2, 0) is 0 Å². The number of hydrogen-bond acceptors (Lipinski definition) is 5. The number of aryl methyl sites for hydroxylation is 1. The van der Waals surface area contributed by atoms with Crippen LogP contribution >= 0.6 is 0 Å². The lowest BCUT2D eigenvalue weighted by atomic mass is 10.0. The molecule has 3 aromatic heterocycles. The van der Waals surface area contributed by atoms with E-state index in [9.17, 15) is 9.18 Å².